The molecule has 0 N–H and O–H groups in total. The monoisotopic (exact) mass is 432 g/mol. The summed E-state index contributed by atoms with van der Waals surface area (Å²) >= 11 is 0. The number of nitrogens with zero attached hydrogens (tertiary/aromatic N) is 2. The molecule has 13 heteroatoms. The minimum Gasteiger partial charge on any atom is -0.465 e. The van der Waals surface area contributed by atoms with Crippen molar-refractivity contribution in [3.63, 3.8) is 0 Å². The number of ether oxygens (including phenoxy) is 3. The van der Waals surface area contributed by atoms with Crippen molar-refractivity contribution in [1.29, 1.82) is 0 Å². The van der Waals surface area contributed by atoms with E-state index in [9.17, 15) is 37.3 Å². The fourth-order valence-corrected chi connectivity index (χ4v) is 2.43. The summed E-state index contributed by atoms with van der Waals surface area (Å²) in [6.07, 6.45) is -0.862. The largest absolute Gasteiger partial charge is 0.573 e. The van der Waals surface area contributed by atoms with Gasteiger partial charge in [0.15, 0.2) is 5.75 Å². The number of esters is 2. The Labute approximate surface area is 165 Å². The molecule has 0 aliphatic carbocycles. The Morgan fingerprint density at radius 2 is 1.73 bits per heavy atom. The van der Waals surface area contributed by atoms with E-state index < -0.39 is 57.4 Å². The summed E-state index contributed by atoms with van der Waals surface area (Å²) < 4.78 is 66.0. The van der Waals surface area contributed by atoms with Crippen molar-refractivity contribution in [3.05, 3.63) is 63.8 Å². The third kappa shape index (κ3) is 4.56. The Hall–Kier alpha value is -3.90. The van der Waals surface area contributed by atoms with Gasteiger partial charge in [0.1, 0.15) is 5.70 Å². The van der Waals surface area contributed by atoms with E-state index in [-0.39, 0.29) is 0 Å². The lowest BCUT2D eigenvalue weighted by Crippen LogP contribution is -2.28. The minimum atomic E-state index is -5.43. The SMILES string of the molecule is COC(=O)C1=C(C(=O)OC)N(c2ccc([N+](=O)[O-])c(F)c2OC(F)(F)F)C=CC=C1. The number of rotatable bonds is 5. The standard InChI is InChI=1S/C17H12F4N2O7/c1-28-15(24)9-5-3-4-8-22(13(9)16(25)29-2)11-7-6-10(23(26)27)12(18)14(11)30-17(19,20)21/h3-8H,1-2H3. The molecule has 1 heterocycles. The fraction of sp³-hybridized carbons (Fsp3) is 0.176. The molecule has 1 aromatic rings. The third-order valence-electron chi connectivity index (χ3n) is 3.62. The van der Waals surface area contributed by atoms with Crippen LogP contribution in [-0.4, -0.2) is 37.4 Å². The molecule has 30 heavy (non-hydrogen) atoms. The first-order valence-electron chi connectivity index (χ1n) is 7.79. The Bertz CT molecular complexity index is 983. The van der Waals surface area contributed by atoms with Gasteiger partial charge >= 0.3 is 24.0 Å². The van der Waals surface area contributed by atoms with E-state index in [2.05, 4.69) is 14.2 Å². The molecule has 0 saturated heterocycles. The van der Waals surface area contributed by atoms with E-state index in [0.29, 0.717) is 11.0 Å². The fourth-order valence-electron chi connectivity index (χ4n) is 2.43. The van der Waals surface area contributed by atoms with Crippen molar-refractivity contribution in [2.24, 2.45) is 0 Å². The molecule has 1 aromatic carbocycles. The second kappa shape index (κ2) is 8.63. The average Bonchev–Trinajstić information content (AvgIpc) is 2.89. The molecular formula is C17H12F4N2O7. The van der Waals surface area contributed by atoms with Gasteiger partial charge in [0.2, 0.25) is 5.82 Å². The maximum absolute atomic E-state index is 14.5. The van der Waals surface area contributed by atoms with Crippen molar-refractivity contribution in [2.45, 2.75) is 6.36 Å². The molecule has 0 fully saturated rings. The van der Waals surface area contributed by atoms with Crippen LogP contribution in [0, 0.1) is 15.9 Å². The second-order valence-corrected chi connectivity index (χ2v) is 5.37. The smallest absolute Gasteiger partial charge is 0.465 e. The Balaban J connectivity index is 2.85. The number of hydrogen-bond donors (Lipinski definition) is 0. The van der Waals surface area contributed by atoms with Crippen LogP contribution in [0.1, 0.15) is 0 Å². The number of carbonyl (C=O) groups excluding carboxylic acids is 2. The van der Waals surface area contributed by atoms with Crippen LogP contribution in [0.15, 0.2) is 47.8 Å². The van der Waals surface area contributed by atoms with Crippen LogP contribution >= 0.6 is 0 Å². The summed E-state index contributed by atoms with van der Waals surface area (Å²) in [6.45, 7) is 0. The van der Waals surface area contributed by atoms with E-state index in [1.165, 1.54) is 12.2 Å². The van der Waals surface area contributed by atoms with Crippen LogP contribution in [-0.2, 0) is 19.1 Å². The van der Waals surface area contributed by atoms with Crippen molar-refractivity contribution < 1.29 is 46.3 Å². The quantitative estimate of drug-likeness (QED) is 0.302. The molecule has 2 rings (SSSR count). The van der Waals surface area contributed by atoms with Gasteiger partial charge in [-0.3, -0.25) is 10.1 Å². The number of allylic oxidation sites excluding steroid dienone is 2. The summed E-state index contributed by atoms with van der Waals surface area (Å²) in [5.41, 5.74) is -3.15. The highest BCUT2D eigenvalue weighted by Crippen LogP contribution is 2.41. The van der Waals surface area contributed by atoms with E-state index in [1.807, 2.05) is 0 Å². The van der Waals surface area contributed by atoms with Gasteiger partial charge in [0.05, 0.1) is 30.4 Å². The van der Waals surface area contributed by atoms with Crippen LogP contribution < -0.4 is 9.64 Å². The molecule has 1 aliphatic rings. The first-order valence-corrected chi connectivity index (χ1v) is 7.79. The third-order valence-corrected chi connectivity index (χ3v) is 3.62. The number of hydrogen-bond acceptors (Lipinski definition) is 8. The topological polar surface area (TPSA) is 108 Å². The molecule has 0 spiro atoms. The Morgan fingerprint density at radius 1 is 1.10 bits per heavy atom. The molecular weight excluding hydrogens is 420 g/mol. The molecule has 0 bridgehead atoms. The normalized spacial score (nSPS) is 13.7. The van der Waals surface area contributed by atoms with E-state index >= 15 is 0 Å². The Morgan fingerprint density at radius 3 is 2.27 bits per heavy atom. The molecule has 0 amide bonds. The summed E-state index contributed by atoms with van der Waals surface area (Å²) in [7, 11) is 1.93. The molecule has 0 radical (unpaired) electrons. The lowest BCUT2D eigenvalue weighted by atomic mass is 10.1. The zero-order valence-corrected chi connectivity index (χ0v) is 15.2. The highest BCUT2D eigenvalue weighted by molar-refractivity contribution is 6.05. The summed E-state index contributed by atoms with van der Waals surface area (Å²) in [5, 5.41) is 10.9. The number of methoxy groups -OCH3 is 2. The van der Waals surface area contributed by atoms with Gasteiger partial charge in [0, 0.05) is 12.3 Å². The van der Waals surface area contributed by atoms with Gasteiger partial charge in [-0.1, -0.05) is 6.08 Å². The maximum Gasteiger partial charge on any atom is 0.573 e. The van der Waals surface area contributed by atoms with Gasteiger partial charge in [-0.2, -0.15) is 4.39 Å². The molecule has 1 aliphatic heterocycles. The van der Waals surface area contributed by atoms with E-state index in [1.54, 1.807) is 0 Å². The van der Waals surface area contributed by atoms with Gasteiger partial charge < -0.3 is 19.1 Å². The highest BCUT2D eigenvalue weighted by atomic mass is 19.4. The number of halogens is 4. The second-order valence-electron chi connectivity index (χ2n) is 5.37. The van der Waals surface area contributed by atoms with Crippen LogP contribution in [0.4, 0.5) is 28.9 Å². The number of alkyl halides is 3. The number of benzene rings is 1. The van der Waals surface area contributed by atoms with Gasteiger partial charge in [-0.05, 0) is 18.2 Å². The lowest BCUT2D eigenvalue weighted by Gasteiger charge is -2.25. The van der Waals surface area contributed by atoms with E-state index in [4.69, 9.17) is 0 Å². The predicted molar refractivity (Wildman–Crippen MR) is 91.6 cm³/mol. The van der Waals surface area contributed by atoms with Crippen molar-refractivity contribution in [2.75, 3.05) is 19.1 Å². The molecule has 0 aromatic heterocycles. The van der Waals surface area contributed by atoms with Crippen molar-refractivity contribution >= 4 is 23.3 Å². The first kappa shape index (κ1) is 22.4. The van der Waals surface area contributed by atoms with E-state index in [0.717, 1.165) is 32.6 Å². The predicted octanol–water partition coefficient (Wildman–Crippen LogP) is 3.12. The van der Waals surface area contributed by atoms with Crippen LogP contribution in [0.2, 0.25) is 0 Å². The Kier molecular flexibility index (Phi) is 6.44. The van der Waals surface area contributed by atoms with Crippen LogP contribution in [0.3, 0.4) is 0 Å². The number of carbonyl (C=O) groups is 2. The molecule has 0 unspecified atom stereocenters. The van der Waals surface area contributed by atoms with Crippen molar-refractivity contribution in [3.8, 4) is 5.75 Å². The van der Waals surface area contributed by atoms with Crippen molar-refractivity contribution in [1.82, 2.24) is 0 Å². The first-order chi connectivity index (χ1) is 14.0. The van der Waals surface area contributed by atoms with Gasteiger partial charge in [0.25, 0.3) is 0 Å². The number of nitro benzene ring substituents is 1. The maximum atomic E-state index is 14.5. The van der Waals surface area contributed by atoms with Crippen LogP contribution in [0.25, 0.3) is 0 Å². The molecule has 0 saturated carbocycles. The summed E-state index contributed by atoms with van der Waals surface area (Å²) in [6, 6.07) is 1.29. The molecule has 160 valence electrons. The lowest BCUT2D eigenvalue weighted by molar-refractivity contribution is -0.387. The molecule has 9 nitrogen and oxygen atoms in total. The van der Waals surface area contributed by atoms with Crippen LogP contribution in [0.5, 0.6) is 5.75 Å². The highest BCUT2D eigenvalue weighted by Gasteiger charge is 2.38. The summed E-state index contributed by atoms with van der Waals surface area (Å²) in [5.74, 6) is -5.78. The number of anilines is 1. The molecule has 0 atom stereocenters. The minimum absolute atomic E-state index is 0.439. The summed E-state index contributed by atoms with van der Waals surface area (Å²) in [4.78, 5) is 34.7. The zero-order chi connectivity index (χ0) is 22.6. The number of nitro groups is 1. The average molecular weight is 432 g/mol. The zero-order valence-electron chi connectivity index (χ0n) is 15.2. The van der Waals surface area contributed by atoms with Gasteiger partial charge in [-0.25, -0.2) is 9.59 Å². The van der Waals surface area contributed by atoms with Gasteiger partial charge in [-0.15, -0.1) is 13.2 Å².